The van der Waals surface area contributed by atoms with Crippen LogP contribution >= 0.6 is 11.6 Å². The minimum Gasteiger partial charge on any atom is -0.308 e. The van der Waals surface area contributed by atoms with Crippen LogP contribution in [-0.2, 0) is 6.54 Å². The van der Waals surface area contributed by atoms with Crippen LogP contribution in [0.4, 0.5) is 0 Å². The molecule has 0 aliphatic heterocycles. The lowest BCUT2D eigenvalue weighted by molar-refractivity contribution is 0.357. The van der Waals surface area contributed by atoms with Gasteiger partial charge in [0, 0.05) is 17.1 Å². The van der Waals surface area contributed by atoms with Crippen LogP contribution in [0.3, 0.4) is 0 Å². The van der Waals surface area contributed by atoms with Crippen molar-refractivity contribution in [3.8, 4) is 0 Å². The first-order valence-electron chi connectivity index (χ1n) is 5.94. The zero-order chi connectivity index (χ0) is 12.2. The fourth-order valence-corrected chi connectivity index (χ4v) is 2.15. The summed E-state index contributed by atoms with van der Waals surface area (Å²) in [7, 11) is 0. The van der Waals surface area contributed by atoms with Crippen molar-refractivity contribution in [1.82, 2.24) is 5.32 Å². The number of halogens is 1. The summed E-state index contributed by atoms with van der Waals surface area (Å²) < 4.78 is 0. The van der Waals surface area contributed by atoms with E-state index in [1.165, 1.54) is 24.0 Å². The molecule has 2 heteroatoms. The maximum absolute atomic E-state index is 6.20. The molecule has 1 aromatic carbocycles. The molecular formula is C14H22ClN. The summed E-state index contributed by atoms with van der Waals surface area (Å²) in [5.41, 5.74) is 2.57. The second-order valence-corrected chi connectivity index (χ2v) is 5.49. The molecule has 16 heavy (non-hydrogen) atoms. The van der Waals surface area contributed by atoms with Crippen molar-refractivity contribution in [3.05, 3.63) is 34.3 Å². The van der Waals surface area contributed by atoms with Gasteiger partial charge in [-0.3, -0.25) is 0 Å². The topological polar surface area (TPSA) is 12.0 Å². The van der Waals surface area contributed by atoms with E-state index >= 15 is 0 Å². The standard InChI is InChI=1S/C14H22ClN/c1-5-8-14(3,4)16-10-12-7-6-11(2)9-13(12)15/h6-7,9,16H,5,8,10H2,1-4H3. The van der Waals surface area contributed by atoms with Gasteiger partial charge in [0.15, 0.2) is 0 Å². The van der Waals surface area contributed by atoms with Gasteiger partial charge in [0.25, 0.3) is 0 Å². The zero-order valence-electron chi connectivity index (χ0n) is 10.7. The van der Waals surface area contributed by atoms with Gasteiger partial charge in [-0.25, -0.2) is 0 Å². The number of hydrogen-bond acceptors (Lipinski definition) is 1. The van der Waals surface area contributed by atoms with E-state index in [-0.39, 0.29) is 5.54 Å². The third-order valence-corrected chi connectivity index (χ3v) is 3.19. The van der Waals surface area contributed by atoms with Gasteiger partial charge >= 0.3 is 0 Å². The predicted octanol–water partition coefficient (Wildman–Crippen LogP) is 4.32. The molecule has 0 aromatic heterocycles. The predicted molar refractivity (Wildman–Crippen MR) is 72.0 cm³/mol. The molecule has 0 aliphatic rings. The minimum absolute atomic E-state index is 0.183. The second-order valence-electron chi connectivity index (χ2n) is 5.08. The van der Waals surface area contributed by atoms with E-state index in [4.69, 9.17) is 11.6 Å². The van der Waals surface area contributed by atoms with Crippen LogP contribution in [0.25, 0.3) is 0 Å². The van der Waals surface area contributed by atoms with Gasteiger partial charge in [0.1, 0.15) is 0 Å². The largest absolute Gasteiger partial charge is 0.308 e. The Bertz CT molecular complexity index is 345. The fourth-order valence-electron chi connectivity index (χ4n) is 1.84. The van der Waals surface area contributed by atoms with Crippen molar-refractivity contribution in [3.63, 3.8) is 0 Å². The smallest absolute Gasteiger partial charge is 0.0453 e. The van der Waals surface area contributed by atoms with Crippen LogP contribution in [0.1, 0.15) is 44.7 Å². The quantitative estimate of drug-likeness (QED) is 0.807. The van der Waals surface area contributed by atoms with Gasteiger partial charge in [0.05, 0.1) is 0 Å². The Morgan fingerprint density at radius 2 is 2.00 bits per heavy atom. The van der Waals surface area contributed by atoms with Gasteiger partial charge in [-0.15, -0.1) is 0 Å². The zero-order valence-corrected chi connectivity index (χ0v) is 11.5. The Kier molecular flexibility index (Phi) is 4.82. The summed E-state index contributed by atoms with van der Waals surface area (Å²) >= 11 is 6.20. The SMILES string of the molecule is CCCC(C)(C)NCc1ccc(C)cc1Cl. The normalized spacial score (nSPS) is 11.8. The molecule has 0 heterocycles. The average molecular weight is 240 g/mol. The van der Waals surface area contributed by atoms with Crippen LogP contribution < -0.4 is 5.32 Å². The molecule has 0 spiro atoms. The van der Waals surface area contributed by atoms with Crippen LogP contribution in [0.5, 0.6) is 0 Å². The van der Waals surface area contributed by atoms with Crippen molar-refractivity contribution in [2.75, 3.05) is 0 Å². The maximum atomic E-state index is 6.20. The van der Waals surface area contributed by atoms with Crippen LogP contribution in [0.15, 0.2) is 18.2 Å². The molecule has 0 amide bonds. The molecule has 0 radical (unpaired) electrons. The van der Waals surface area contributed by atoms with Crippen LogP contribution in [0.2, 0.25) is 5.02 Å². The molecular weight excluding hydrogens is 218 g/mol. The molecule has 0 atom stereocenters. The van der Waals surface area contributed by atoms with E-state index in [0.717, 1.165) is 11.6 Å². The Balaban J connectivity index is 2.61. The first-order valence-corrected chi connectivity index (χ1v) is 6.32. The van der Waals surface area contributed by atoms with Crippen molar-refractivity contribution >= 4 is 11.6 Å². The van der Waals surface area contributed by atoms with Crippen LogP contribution in [-0.4, -0.2) is 5.54 Å². The Hall–Kier alpha value is -0.530. The number of hydrogen-bond donors (Lipinski definition) is 1. The number of rotatable bonds is 5. The lowest BCUT2D eigenvalue weighted by Crippen LogP contribution is -2.38. The molecule has 0 unspecified atom stereocenters. The van der Waals surface area contributed by atoms with Crippen molar-refractivity contribution < 1.29 is 0 Å². The minimum atomic E-state index is 0.183. The van der Waals surface area contributed by atoms with E-state index in [2.05, 4.69) is 45.1 Å². The summed E-state index contributed by atoms with van der Waals surface area (Å²) in [5, 5.41) is 4.41. The Morgan fingerprint density at radius 1 is 1.31 bits per heavy atom. The lowest BCUT2D eigenvalue weighted by atomic mass is 9.98. The molecule has 1 aromatic rings. The molecule has 1 nitrogen and oxygen atoms in total. The average Bonchev–Trinajstić information content (AvgIpc) is 2.16. The Labute approximate surface area is 104 Å². The molecule has 1 rings (SSSR count). The Morgan fingerprint density at radius 3 is 2.56 bits per heavy atom. The molecule has 0 aliphatic carbocycles. The van der Waals surface area contributed by atoms with Crippen LogP contribution in [0, 0.1) is 6.92 Å². The summed E-state index contributed by atoms with van der Waals surface area (Å²) in [4.78, 5) is 0. The molecule has 0 bridgehead atoms. The molecule has 90 valence electrons. The maximum Gasteiger partial charge on any atom is 0.0453 e. The molecule has 1 N–H and O–H groups in total. The lowest BCUT2D eigenvalue weighted by Gasteiger charge is -2.26. The van der Waals surface area contributed by atoms with Crippen molar-refractivity contribution in [1.29, 1.82) is 0 Å². The molecule has 0 saturated carbocycles. The van der Waals surface area contributed by atoms with Gasteiger partial charge in [-0.1, -0.05) is 37.1 Å². The highest BCUT2D eigenvalue weighted by atomic mass is 35.5. The summed E-state index contributed by atoms with van der Waals surface area (Å²) in [6, 6.07) is 6.23. The van der Waals surface area contributed by atoms with Crippen molar-refractivity contribution in [2.45, 2.75) is 52.6 Å². The van der Waals surface area contributed by atoms with Crippen molar-refractivity contribution in [2.24, 2.45) is 0 Å². The number of aryl methyl sites for hydroxylation is 1. The van der Waals surface area contributed by atoms with E-state index < -0.39 is 0 Å². The van der Waals surface area contributed by atoms with Gasteiger partial charge < -0.3 is 5.32 Å². The third kappa shape index (κ3) is 4.15. The van der Waals surface area contributed by atoms with E-state index in [0.29, 0.717) is 0 Å². The number of benzene rings is 1. The summed E-state index contributed by atoms with van der Waals surface area (Å²) in [6.07, 6.45) is 2.37. The highest BCUT2D eigenvalue weighted by molar-refractivity contribution is 6.31. The van der Waals surface area contributed by atoms with E-state index in [1.54, 1.807) is 0 Å². The van der Waals surface area contributed by atoms with Gasteiger partial charge in [-0.2, -0.15) is 0 Å². The number of nitrogens with one attached hydrogen (secondary N) is 1. The monoisotopic (exact) mass is 239 g/mol. The first-order chi connectivity index (χ1) is 7.44. The highest BCUT2D eigenvalue weighted by Gasteiger charge is 2.15. The van der Waals surface area contributed by atoms with Gasteiger partial charge in [-0.05, 0) is 44.4 Å². The summed E-state index contributed by atoms with van der Waals surface area (Å²) in [5.74, 6) is 0. The molecule has 0 fully saturated rings. The second kappa shape index (κ2) is 5.70. The summed E-state index contributed by atoms with van der Waals surface area (Å²) in [6.45, 7) is 9.58. The van der Waals surface area contributed by atoms with E-state index in [9.17, 15) is 0 Å². The first kappa shape index (κ1) is 13.5. The fraction of sp³-hybridized carbons (Fsp3) is 0.571. The molecule has 0 saturated heterocycles. The van der Waals surface area contributed by atoms with E-state index in [1.807, 2.05) is 6.07 Å². The van der Waals surface area contributed by atoms with Gasteiger partial charge in [0.2, 0.25) is 0 Å². The highest BCUT2D eigenvalue weighted by Crippen LogP contribution is 2.19. The third-order valence-electron chi connectivity index (χ3n) is 2.84.